The van der Waals surface area contributed by atoms with E-state index in [4.69, 9.17) is 9.47 Å². The molecule has 0 aliphatic carbocycles. The quantitative estimate of drug-likeness (QED) is 0.480. The molecule has 0 unspecified atom stereocenters. The number of ether oxygens (including phenoxy) is 2. The van der Waals surface area contributed by atoms with Gasteiger partial charge in [0.05, 0.1) is 5.75 Å². The van der Waals surface area contributed by atoms with Gasteiger partial charge in [0.15, 0.2) is 5.91 Å². The van der Waals surface area contributed by atoms with Crippen LogP contribution in [-0.4, -0.2) is 23.9 Å². The Balaban J connectivity index is 0.00000133. The van der Waals surface area contributed by atoms with Gasteiger partial charge >= 0.3 is 18.9 Å². The van der Waals surface area contributed by atoms with Crippen molar-refractivity contribution < 1.29 is 33.1 Å². The van der Waals surface area contributed by atoms with Gasteiger partial charge in [-0.15, -0.1) is 0 Å². The second kappa shape index (κ2) is 6.18. The smallest absolute Gasteiger partial charge is 0.573 e. The second-order valence-electron chi connectivity index (χ2n) is 4.43. The van der Waals surface area contributed by atoms with E-state index in [-0.39, 0.29) is 30.5 Å². The molecule has 0 aromatic heterocycles. The largest absolute Gasteiger partial charge is 1.00 e. The van der Waals surface area contributed by atoms with Gasteiger partial charge in [-0.05, 0) is 18.9 Å². The number of amides is 1. The number of carbonyl (C=O) groups is 1. The molecule has 2 aliphatic heterocycles. The Morgan fingerprint density at radius 3 is 2.53 bits per heavy atom. The van der Waals surface area contributed by atoms with Crippen molar-refractivity contribution in [3.63, 3.8) is 0 Å². The average molecular weight is 251 g/mol. The van der Waals surface area contributed by atoms with Gasteiger partial charge in [-0.3, -0.25) is 0 Å². The molecule has 0 saturated carbocycles. The van der Waals surface area contributed by atoms with Gasteiger partial charge in [0.1, 0.15) is 11.5 Å². The van der Waals surface area contributed by atoms with E-state index in [0.29, 0.717) is 11.5 Å². The van der Waals surface area contributed by atoms with Crippen molar-refractivity contribution in [1.82, 2.24) is 4.90 Å². The molecule has 2 heterocycles. The Hall–Kier alpha value is -1.37. The standard InChI is InChI=1S/C14H14NO3.Li/c16-14(15-8-4-1-5-9-15)13-10-17-11-6-2-3-7-12(11)18-13;/h2-3,6-7H,1,4-5,8-9H2;/q-1;+1. The Bertz CT molecular complexity index is 495. The summed E-state index contributed by atoms with van der Waals surface area (Å²) in [4.78, 5) is 14.0. The molecule has 0 atom stereocenters. The molecule has 1 aromatic carbocycles. The molecule has 4 nitrogen and oxygen atoms in total. The summed E-state index contributed by atoms with van der Waals surface area (Å²) in [6.45, 7) is 1.57. The molecule has 94 valence electrons. The van der Waals surface area contributed by atoms with Gasteiger partial charge in [0.2, 0.25) is 0 Å². The van der Waals surface area contributed by atoms with E-state index >= 15 is 0 Å². The maximum atomic E-state index is 12.2. The number of hydrogen-bond acceptors (Lipinski definition) is 3. The zero-order valence-electron chi connectivity index (χ0n) is 11.0. The van der Waals surface area contributed by atoms with Gasteiger partial charge in [0, 0.05) is 19.4 Å². The van der Waals surface area contributed by atoms with Crippen LogP contribution in [-0.2, 0) is 4.79 Å². The van der Waals surface area contributed by atoms with E-state index in [1.54, 1.807) is 17.0 Å². The summed E-state index contributed by atoms with van der Waals surface area (Å²) < 4.78 is 10.8. The van der Waals surface area contributed by atoms with Gasteiger partial charge in [-0.2, -0.15) is 0 Å². The minimum atomic E-state index is -0.135. The number of piperidine rings is 1. The first-order valence-electron chi connectivity index (χ1n) is 6.20. The zero-order valence-corrected chi connectivity index (χ0v) is 11.0. The van der Waals surface area contributed by atoms with E-state index in [9.17, 15) is 4.79 Å². The van der Waals surface area contributed by atoms with Crippen LogP contribution < -0.4 is 28.3 Å². The van der Waals surface area contributed by atoms with Gasteiger partial charge < -0.3 is 19.2 Å². The van der Waals surface area contributed by atoms with Crippen LogP contribution in [0.15, 0.2) is 30.0 Å². The SMILES string of the molecule is O=C(C1=[C-]Oc2ccccc2O1)N1CCCCC1.[Li+]. The number of benzene rings is 1. The molecular formula is C14H14LiNO3. The summed E-state index contributed by atoms with van der Waals surface area (Å²) in [5, 5.41) is 0. The molecule has 1 aromatic rings. The van der Waals surface area contributed by atoms with Gasteiger partial charge in [-0.1, -0.05) is 24.6 Å². The van der Waals surface area contributed by atoms with Crippen molar-refractivity contribution in [1.29, 1.82) is 0 Å². The van der Waals surface area contributed by atoms with E-state index in [1.165, 1.54) is 6.42 Å². The van der Waals surface area contributed by atoms with Crippen LogP contribution in [0.4, 0.5) is 0 Å². The minimum Gasteiger partial charge on any atom is -0.573 e. The van der Waals surface area contributed by atoms with Crippen LogP contribution in [0.2, 0.25) is 0 Å². The summed E-state index contributed by atoms with van der Waals surface area (Å²) in [6, 6.07) is 7.25. The van der Waals surface area contributed by atoms with Crippen molar-refractivity contribution in [3.8, 4) is 11.5 Å². The van der Waals surface area contributed by atoms with Crippen LogP contribution in [0.5, 0.6) is 11.5 Å². The number of rotatable bonds is 1. The molecule has 0 radical (unpaired) electrons. The Morgan fingerprint density at radius 1 is 1.11 bits per heavy atom. The van der Waals surface area contributed by atoms with Crippen molar-refractivity contribution in [2.24, 2.45) is 0 Å². The first kappa shape index (κ1) is 14.0. The predicted octanol–water partition coefficient (Wildman–Crippen LogP) is -0.881. The molecule has 5 heteroatoms. The summed E-state index contributed by atoms with van der Waals surface area (Å²) in [5.41, 5.74) is 0. The molecule has 1 saturated heterocycles. The van der Waals surface area contributed by atoms with Gasteiger partial charge in [0.25, 0.3) is 0 Å². The van der Waals surface area contributed by atoms with Crippen molar-refractivity contribution in [2.45, 2.75) is 19.3 Å². The third-order valence-corrected chi connectivity index (χ3v) is 3.15. The average Bonchev–Trinajstić information content (AvgIpc) is 2.47. The monoisotopic (exact) mass is 251 g/mol. The van der Waals surface area contributed by atoms with Crippen LogP contribution in [0.25, 0.3) is 0 Å². The predicted molar refractivity (Wildman–Crippen MR) is 64.9 cm³/mol. The molecule has 2 aliphatic rings. The molecule has 1 fully saturated rings. The number of nitrogens with zero attached hydrogens (tertiary/aromatic N) is 1. The van der Waals surface area contributed by atoms with Crippen LogP contribution in [0, 0.1) is 6.26 Å². The van der Waals surface area contributed by atoms with E-state index < -0.39 is 0 Å². The van der Waals surface area contributed by atoms with Crippen molar-refractivity contribution in [2.75, 3.05) is 13.1 Å². The number of fused-ring (bicyclic) bond motifs is 1. The van der Waals surface area contributed by atoms with E-state index in [2.05, 4.69) is 6.26 Å². The fourth-order valence-electron chi connectivity index (χ4n) is 2.18. The van der Waals surface area contributed by atoms with Crippen molar-refractivity contribution >= 4 is 5.91 Å². The molecule has 0 spiro atoms. The third-order valence-electron chi connectivity index (χ3n) is 3.15. The summed E-state index contributed by atoms with van der Waals surface area (Å²) in [7, 11) is 0. The third kappa shape index (κ3) is 2.97. The Labute approximate surface area is 124 Å². The normalized spacial score (nSPS) is 17.3. The first-order valence-corrected chi connectivity index (χ1v) is 6.20. The fourth-order valence-corrected chi connectivity index (χ4v) is 2.18. The number of hydrogen-bond donors (Lipinski definition) is 0. The maximum absolute atomic E-state index is 12.2. The van der Waals surface area contributed by atoms with Crippen LogP contribution in [0.3, 0.4) is 0 Å². The maximum Gasteiger partial charge on any atom is 1.00 e. The number of para-hydroxylation sites is 2. The minimum absolute atomic E-state index is 0. The van der Waals surface area contributed by atoms with Crippen molar-refractivity contribution in [3.05, 3.63) is 36.3 Å². The van der Waals surface area contributed by atoms with E-state index in [0.717, 1.165) is 25.9 Å². The van der Waals surface area contributed by atoms with Crippen LogP contribution >= 0.6 is 0 Å². The van der Waals surface area contributed by atoms with Gasteiger partial charge in [-0.25, -0.2) is 0 Å². The topological polar surface area (TPSA) is 38.8 Å². The molecule has 0 N–H and O–H groups in total. The number of likely N-dealkylation sites (tertiary alicyclic amines) is 1. The van der Waals surface area contributed by atoms with Crippen LogP contribution in [0.1, 0.15) is 19.3 Å². The second-order valence-corrected chi connectivity index (χ2v) is 4.43. The first-order chi connectivity index (χ1) is 8.84. The molecule has 0 bridgehead atoms. The molecular weight excluding hydrogens is 237 g/mol. The summed E-state index contributed by atoms with van der Waals surface area (Å²) in [6.07, 6.45) is 5.87. The summed E-state index contributed by atoms with van der Waals surface area (Å²) in [5.74, 6) is 1.17. The Morgan fingerprint density at radius 2 is 1.79 bits per heavy atom. The molecule has 1 amide bonds. The zero-order chi connectivity index (χ0) is 12.4. The molecule has 3 rings (SSSR count). The molecule has 19 heavy (non-hydrogen) atoms. The fraction of sp³-hybridized carbons (Fsp3) is 0.357. The van der Waals surface area contributed by atoms with E-state index in [1.807, 2.05) is 12.1 Å². The Kier molecular flexibility index (Phi) is 4.57. The number of carbonyl (C=O) groups excluding carboxylic acids is 1. The summed E-state index contributed by atoms with van der Waals surface area (Å²) >= 11 is 0.